The quantitative estimate of drug-likeness (QED) is 0.670. The van der Waals surface area contributed by atoms with Crippen molar-refractivity contribution in [1.29, 1.82) is 0 Å². The first-order valence-electron chi connectivity index (χ1n) is 7.86. The van der Waals surface area contributed by atoms with E-state index in [9.17, 15) is 4.39 Å². The summed E-state index contributed by atoms with van der Waals surface area (Å²) in [6.45, 7) is 1.18. The lowest BCUT2D eigenvalue weighted by atomic mass is 10.1. The molecule has 0 spiro atoms. The van der Waals surface area contributed by atoms with Crippen molar-refractivity contribution in [3.63, 3.8) is 0 Å². The molecule has 7 heteroatoms. The van der Waals surface area contributed by atoms with E-state index < -0.39 is 0 Å². The molecule has 5 nitrogen and oxygen atoms in total. The average molecular weight is 358 g/mol. The molecular weight excluding hydrogens is 341 g/mol. The third-order valence-electron chi connectivity index (χ3n) is 3.59. The van der Waals surface area contributed by atoms with Crippen LogP contribution in [0.25, 0.3) is 0 Å². The van der Waals surface area contributed by atoms with Crippen molar-refractivity contribution >= 4 is 23.4 Å². The van der Waals surface area contributed by atoms with E-state index >= 15 is 0 Å². The Balaban J connectivity index is 1.52. The minimum atomic E-state index is -0.235. The number of anilines is 2. The topological polar surface area (TPSA) is 62.7 Å². The SMILES string of the molecule is Fc1ccc(CCNc2nncc(NCc3ccccc3Cl)n2)cc1. The Morgan fingerprint density at radius 3 is 2.60 bits per heavy atom. The normalized spacial score (nSPS) is 10.5. The van der Waals surface area contributed by atoms with E-state index in [1.54, 1.807) is 18.3 Å². The zero-order valence-electron chi connectivity index (χ0n) is 13.4. The van der Waals surface area contributed by atoms with Gasteiger partial charge in [-0.2, -0.15) is 10.1 Å². The Morgan fingerprint density at radius 1 is 1.00 bits per heavy atom. The molecule has 0 aliphatic rings. The summed E-state index contributed by atoms with van der Waals surface area (Å²) in [5.41, 5.74) is 2.02. The fraction of sp³-hybridized carbons (Fsp3) is 0.167. The summed E-state index contributed by atoms with van der Waals surface area (Å²) in [5, 5.41) is 14.9. The van der Waals surface area contributed by atoms with E-state index in [-0.39, 0.29) is 5.82 Å². The van der Waals surface area contributed by atoms with Gasteiger partial charge < -0.3 is 10.6 Å². The highest BCUT2D eigenvalue weighted by molar-refractivity contribution is 6.31. The van der Waals surface area contributed by atoms with Crippen molar-refractivity contribution in [3.8, 4) is 0 Å². The van der Waals surface area contributed by atoms with Crippen molar-refractivity contribution < 1.29 is 4.39 Å². The Morgan fingerprint density at radius 2 is 1.80 bits per heavy atom. The third-order valence-corrected chi connectivity index (χ3v) is 3.96. The molecule has 0 radical (unpaired) electrons. The molecule has 0 saturated heterocycles. The molecule has 0 aliphatic carbocycles. The second-order valence-corrected chi connectivity index (χ2v) is 5.82. The molecule has 1 heterocycles. The van der Waals surface area contributed by atoms with Crippen molar-refractivity contribution in [2.75, 3.05) is 17.2 Å². The smallest absolute Gasteiger partial charge is 0.244 e. The van der Waals surface area contributed by atoms with Gasteiger partial charge in [-0.15, -0.1) is 5.10 Å². The number of hydrogen-bond donors (Lipinski definition) is 2. The summed E-state index contributed by atoms with van der Waals surface area (Å²) in [7, 11) is 0. The first-order chi connectivity index (χ1) is 12.2. The number of hydrogen-bond acceptors (Lipinski definition) is 5. The molecule has 0 fully saturated rings. The maximum Gasteiger partial charge on any atom is 0.244 e. The lowest BCUT2D eigenvalue weighted by Gasteiger charge is -2.08. The van der Waals surface area contributed by atoms with Crippen LogP contribution >= 0.6 is 11.6 Å². The summed E-state index contributed by atoms with van der Waals surface area (Å²) in [6, 6.07) is 14.0. The van der Waals surface area contributed by atoms with Gasteiger partial charge in [0.25, 0.3) is 0 Å². The summed E-state index contributed by atoms with van der Waals surface area (Å²) >= 11 is 6.13. The Bertz CT molecular complexity index is 826. The summed E-state index contributed by atoms with van der Waals surface area (Å²) in [4.78, 5) is 4.36. The van der Waals surface area contributed by atoms with Crippen LogP contribution in [0.4, 0.5) is 16.2 Å². The number of aromatic nitrogens is 3. The number of halogens is 2. The first kappa shape index (κ1) is 17.1. The summed E-state index contributed by atoms with van der Waals surface area (Å²) < 4.78 is 12.9. The van der Waals surface area contributed by atoms with Gasteiger partial charge in [0.2, 0.25) is 5.95 Å². The van der Waals surface area contributed by atoms with E-state index in [4.69, 9.17) is 11.6 Å². The molecule has 3 rings (SSSR count). The molecule has 0 aliphatic heterocycles. The Hall–Kier alpha value is -2.73. The van der Waals surface area contributed by atoms with E-state index in [1.165, 1.54) is 12.1 Å². The first-order valence-corrected chi connectivity index (χ1v) is 8.24. The molecule has 128 valence electrons. The second-order valence-electron chi connectivity index (χ2n) is 5.41. The standard InChI is InChI=1S/C18H17ClFN5/c19-16-4-2-1-3-14(16)11-22-17-12-23-25-18(24-17)21-10-9-13-5-7-15(20)8-6-13/h1-8,12H,9-11H2,(H2,21,22,24,25). The minimum absolute atomic E-state index is 0.235. The largest absolute Gasteiger partial charge is 0.364 e. The number of rotatable bonds is 7. The molecule has 1 aromatic heterocycles. The maximum atomic E-state index is 12.9. The second kappa shape index (κ2) is 8.39. The van der Waals surface area contributed by atoms with Gasteiger partial charge in [-0.25, -0.2) is 4.39 Å². The molecule has 3 aromatic rings. The monoisotopic (exact) mass is 357 g/mol. The Labute approximate surface area is 150 Å². The van der Waals surface area contributed by atoms with Crippen molar-refractivity contribution in [1.82, 2.24) is 15.2 Å². The van der Waals surface area contributed by atoms with Gasteiger partial charge in [0.1, 0.15) is 5.82 Å². The lowest BCUT2D eigenvalue weighted by Crippen LogP contribution is -2.10. The van der Waals surface area contributed by atoms with Crippen LogP contribution in [0.15, 0.2) is 54.7 Å². The predicted octanol–water partition coefficient (Wildman–Crippen LogP) is 3.93. The molecule has 0 atom stereocenters. The van der Waals surface area contributed by atoms with Crippen LogP contribution in [0.5, 0.6) is 0 Å². The van der Waals surface area contributed by atoms with Crippen LogP contribution < -0.4 is 10.6 Å². The number of nitrogens with zero attached hydrogens (tertiary/aromatic N) is 3. The molecule has 0 amide bonds. The van der Waals surface area contributed by atoms with Crippen LogP contribution in [-0.2, 0) is 13.0 Å². The zero-order valence-corrected chi connectivity index (χ0v) is 14.2. The van der Waals surface area contributed by atoms with Crippen LogP contribution in [0.3, 0.4) is 0 Å². The molecule has 2 aromatic carbocycles. The van der Waals surface area contributed by atoms with Crippen molar-refractivity contribution in [3.05, 3.63) is 76.7 Å². The summed E-state index contributed by atoms with van der Waals surface area (Å²) in [5.74, 6) is 0.812. The lowest BCUT2D eigenvalue weighted by molar-refractivity contribution is 0.627. The fourth-order valence-electron chi connectivity index (χ4n) is 2.26. The highest BCUT2D eigenvalue weighted by atomic mass is 35.5. The molecular formula is C18H17ClFN5. The van der Waals surface area contributed by atoms with Crippen molar-refractivity contribution in [2.45, 2.75) is 13.0 Å². The predicted molar refractivity (Wildman–Crippen MR) is 97.2 cm³/mol. The fourth-order valence-corrected chi connectivity index (χ4v) is 2.46. The van der Waals surface area contributed by atoms with E-state index in [0.29, 0.717) is 29.9 Å². The van der Waals surface area contributed by atoms with Gasteiger partial charge in [-0.3, -0.25) is 0 Å². The van der Waals surface area contributed by atoms with Gasteiger partial charge in [-0.05, 0) is 35.7 Å². The number of nitrogens with one attached hydrogen (secondary N) is 2. The molecule has 2 N–H and O–H groups in total. The van der Waals surface area contributed by atoms with Crippen LogP contribution in [-0.4, -0.2) is 21.7 Å². The molecule has 0 saturated carbocycles. The summed E-state index contributed by atoms with van der Waals surface area (Å²) in [6.07, 6.45) is 2.29. The van der Waals surface area contributed by atoms with E-state index in [1.807, 2.05) is 24.3 Å². The Kier molecular flexibility index (Phi) is 5.74. The molecule has 0 bridgehead atoms. The highest BCUT2D eigenvalue weighted by Gasteiger charge is 2.03. The zero-order chi connectivity index (χ0) is 17.5. The maximum absolute atomic E-state index is 12.9. The van der Waals surface area contributed by atoms with Crippen LogP contribution in [0.2, 0.25) is 5.02 Å². The minimum Gasteiger partial charge on any atom is -0.364 e. The molecule has 0 unspecified atom stereocenters. The van der Waals surface area contributed by atoms with Gasteiger partial charge in [0, 0.05) is 18.1 Å². The average Bonchev–Trinajstić information content (AvgIpc) is 2.63. The third kappa shape index (κ3) is 5.12. The van der Waals surface area contributed by atoms with Crippen LogP contribution in [0.1, 0.15) is 11.1 Å². The molecule has 25 heavy (non-hydrogen) atoms. The highest BCUT2D eigenvalue weighted by Crippen LogP contribution is 2.16. The van der Waals surface area contributed by atoms with Crippen LogP contribution in [0, 0.1) is 5.82 Å². The van der Waals surface area contributed by atoms with E-state index in [2.05, 4.69) is 25.8 Å². The van der Waals surface area contributed by atoms with Gasteiger partial charge in [0.15, 0.2) is 5.82 Å². The number of benzene rings is 2. The van der Waals surface area contributed by atoms with Gasteiger partial charge in [-0.1, -0.05) is 41.9 Å². The van der Waals surface area contributed by atoms with E-state index in [0.717, 1.165) is 17.5 Å². The van der Waals surface area contributed by atoms with Gasteiger partial charge >= 0.3 is 0 Å². The van der Waals surface area contributed by atoms with Crippen molar-refractivity contribution in [2.24, 2.45) is 0 Å². The van der Waals surface area contributed by atoms with Gasteiger partial charge in [0.05, 0.1) is 6.20 Å².